The van der Waals surface area contributed by atoms with Crippen LogP contribution in [0.5, 0.6) is 0 Å². The first-order valence-corrected chi connectivity index (χ1v) is 5.95. The third-order valence-electron chi connectivity index (χ3n) is 2.41. The van der Waals surface area contributed by atoms with Gasteiger partial charge in [-0.1, -0.05) is 36.4 Å². The molecule has 0 aliphatic heterocycles. The van der Waals surface area contributed by atoms with Crippen molar-refractivity contribution in [3.63, 3.8) is 0 Å². The molecule has 0 saturated heterocycles. The molecule has 0 aliphatic carbocycles. The van der Waals surface area contributed by atoms with Crippen molar-refractivity contribution in [1.82, 2.24) is 20.6 Å². The van der Waals surface area contributed by atoms with E-state index in [4.69, 9.17) is 4.74 Å². The van der Waals surface area contributed by atoms with Crippen LogP contribution in [0.25, 0.3) is 17.5 Å². The van der Waals surface area contributed by atoms with Crippen molar-refractivity contribution in [2.24, 2.45) is 0 Å². The third kappa shape index (κ3) is 3.74. The lowest BCUT2D eigenvalue weighted by molar-refractivity contribution is -0.142. The predicted molar refractivity (Wildman–Crippen MR) is 69.9 cm³/mol. The molecule has 0 spiro atoms. The summed E-state index contributed by atoms with van der Waals surface area (Å²) in [7, 11) is 0. The van der Waals surface area contributed by atoms with E-state index in [-0.39, 0.29) is 12.4 Å². The highest BCUT2D eigenvalue weighted by Gasteiger charge is 2.01. The zero-order valence-corrected chi connectivity index (χ0v) is 10.5. The molecule has 0 aliphatic rings. The molecule has 0 amide bonds. The summed E-state index contributed by atoms with van der Waals surface area (Å²) in [5, 5.41) is 13.7. The van der Waals surface area contributed by atoms with Crippen molar-refractivity contribution in [3.05, 3.63) is 35.9 Å². The van der Waals surface area contributed by atoms with Crippen molar-refractivity contribution in [3.8, 4) is 11.4 Å². The molecule has 0 atom stereocenters. The fourth-order valence-corrected chi connectivity index (χ4v) is 1.54. The Balaban J connectivity index is 1.95. The highest BCUT2D eigenvalue weighted by molar-refractivity contribution is 5.72. The maximum absolute atomic E-state index is 11.1. The first kappa shape index (κ1) is 12.9. The summed E-state index contributed by atoms with van der Waals surface area (Å²) in [6, 6.07) is 7.64. The zero-order chi connectivity index (χ0) is 13.5. The van der Waals surface area contributed by atoms with E-state index >= 15 is 0 Å². The fourth-order valence-electron chi connectivity index (χ4n) is 1.54. The van der Waals surface area contributed by atoms with E-state index in [0.717, 1.165) is 11.1 Å². The monoisotopic (exact) mass is 258 g/mol. The first-order valence-electron chi connectivity index (χ1n) is 5.95. The maximum Gasteiger partial charge on any atom is 0.309 e. The molecule has 1 aromatic heterocycles. The molecule has 0 fully saturated rings. The van der Waals surface area contributed by atoms with E-state index < -0.39 is 0 Å². The second kappa shape index (κ2) is 6.44. The van der Waals surface area contributed by atoms with Gasteiger partial charge in [-0.15, -0.1) is 10.2 Å². The molecule has 6 nitrogen and oxygen atoms in total. The molecule has 0 bridgehead atoms. The van der Waals surface area contributed by atoms with E-state index in [1.165, 1.54) is 0 Å². The fraction of sp³-hybridized carbons (Fsp3) is 0.231. The molecule has 0 radical (unpaired) electrons. The molecule has 98 valence electrons. The number of aromatic nitrogens is 4. The first-order chi connectivity index (χ1) is 9.29. The van der Waals surface area contributed by atoms with Crippen LogP contribution >= 0.6 is 0 Å². The number of esters is 1. The summed E-state index contributed by atoms with van der Waals surface area (Å²) >= 11 is 0. The van der Waals surface area contributed by atoms with Gasteiger partial charge in [-0.05, 0) is 17.7 Å². The highest BCUT2D eigenvalue weighted by Crippen LogP contribution is 2.14. The molecule has 19 heavy (non-hydrogen) atoms. The average molecular weight is 258 g/mol. The van der Waals surface area contributed by atoms with Crippen LogP contribution in [0, 0.1) is 0 Å². The van der Waals surface area contributed by atoms with Crippen LogP contribution in [-0.2, 0) is 9.53 Å². The van der Waals surface area contributed by atoms with Crippen LogP contribution in [0.1, 0.15) is 18.9 Å². The Hall–Kier alpha value is -2.50. The van der Waals surface area contributed by atoms with Gasteiger partial charge in [0.05, 0.1) is 13.0 Å². The van der Waals surface area contributed by atoms with Crippen molar-refractivity contribution >= 4 is 12.0 Å². The largest absolute Gasteiger partial charge is 0.466 e. The Morgan fingerprint density at radius 3 is 2.79 bits per heavy atom. The number of hydrogen-bond donors (Lipinski definition) is 1. The molecule has 1 aromatic carbocycles. The third-order valence-corrected chi connectivity index (χ3v) is 2.41. The molecule has 0 unspecified atom stereocenters. The van der Waals surface area contributed by atoms with Gasteiger partial charge in [0, 0.05) is 5.56 Å². The summed E-state index contributed by atoms with van der Waals surface area (Å²) in [5.74, 6) is 0.337. The lowest BCUT2D eigenvalue weighted by atomic mass is 10.1. The minimum Gasteiger partial charge on any atom is -0.466 e. The molecule has 2 rings (SSSR count). The Bertz CT molecular complexity index is 547. The quantitative estimate of drug-likeness (QED) is 0.827. The molecular formula is C13H14N4O2. The van der Waals surface area contributed by atoms with Gasteiger partial charge >= 0.3 is 5.97 Å². The van der Waals surface area contributed by atoms with Gasteiger partial charge in [-0.3, -0.25) is 4.79 Å². The number of nitrogens with zero attached hydrogens (tertiary/aromatic N) is 3. The average Bonchev–Trinajstić information content (AvgIpc) is 2.94. The number of aromatic amines is 1. The number of benzene rings is 1. The highest BCUT2D eigenvalue weighted by atomic mass is 16.5. The van der Waals surface area contributed by atoms with Gasteiger partial charge in [-0.25, -0.2) is 0 Å². The van der Waals surface area contributed by atoms with Crippen LogP contribution in [0.2, 0.25) is 0 Å². The number of rotatable bonds is 5. The van der Waals surface area contributed by atoms with Crippen LogP contribution in [0.3, 0.4) is 0 Å². The molecule has 1 heterocycles. The lowest BCUT2D eigenvalue weighted by Crippen LogP contribution is -2.01. The van der Waals surface area contributed by atoms with E-state index in [2.05, 4.69) is 20.6 Å². The minimum absolute atomic E-state index is 0.220. The summed E-state index contributed by atoms with van der Waals surface area (Å²) in [4.78, 5) is 11.1. The number of tetrazole rings is 1. The van der Waals surface area contributed by atoms with Gasteiger partial charge in [0.25, 0.3) is 0 Å². The van der Waals surface area contributed by atoms with Gasteiger partial charge in [0.1, 0.15) is 0 Å². The topological polar surface area (TPSA) is 80.8 Å². The van der Waals surface area contributed by atoms with Crippen LogP contribution in [-0.4, -0.2) is 33.2 Å². The van der Waals surface area contributed by atoms with Crippen LogP contribution < -0.4 is 0 Å². The predicted octanol–water partition coefficient (Wildman–Crippen LogP) is 1.83. The van der Waals surface area contributed by atoms with E-state index in [1.807, 2.05) is 30.3 Å². The normalized spacial score (nSPS) is 10.8. The second-order valence-corrected chi connectivity index (χ2v) is 3.77. The number of nitrogens with one attached hydrogen (secondary N) is 1. The summed E-state index contributed by atoms with van der Waals surface area (Å²) in [6.45, 7) is 2.20. The van der Waals surface area contributed by atoms with Crippen molar-refractivity contribution < 1.29 is 9.53 Å². The Labute approximate surface area is 110 Å². The molecule has 1 N–H and O–H groups in total. The van der Waals surface area contributed by atoms with Crippen LogP contribution in [0.15, 0.2) is 30.3 Å². The Kier molecular flexibility index (Phi) is 4.39. The molecule has 0 saturated carbocycles. The van der Waals surface area contributed by atoms with Gasteiger partial charge in [0.15, 0.2) is 0 Å². The number of carbonyl (C=O) groups excluding carboxylic acids is 1. The number of H-pyrrole nitrogens is 1. The second-order valence-electron chi connectivity index (χ2n) is 3.77. The molecule has 2 aromatic rings. The summed E-state index contributed by atoms with van der Waals surface area (Å²) < 4.78 is 4.83. The summed E-state index contributed by atoms with van der Waals surface area (Å²) in [6.07, 6.45) is 3.93. The van der Waals surface area contributed by atoms with Crippen molar-refractivity contribution in [2.45, 2.75) is 13.3 Å². The Morgan fingerprint density at radius 1 is 1.37 bits per heavy atom. The molecule has 6 heteroatoms. The van der Waals surface area contributed by atoms with Gasteiger partial charge in [0.2, 0.25) is 5.82 Å². The summed E-state index contributed by atoms with van der Waals surface area (Å²) in [5.41, 5.74) is 1.88. The zero-order valence-electron chi connectivity index (χ0n) is 10.5. The maximum atomic E-state index is 11.1. The smallest absolute Gasteiger partial charge is 0.309 e. The number of carbonyl (C=O) groups is 1. The van der Waals surface area contributed by atoms with E-state index in [9.17, 15) is 4.79 Å². The standard InChI is InChI=1S/C13H14N4O2/c1-2-19-12(18)5-3-4-10-6-8-11(9-7-10)13-14-16-17-15-13/h3-4,6-9H,2,5H2,1H3,(H,14,15,16,17). The number of ether oxygens (including phenoxy) is 1. The van der Waals surface area contributed by atoms with Crippen LogP contribution in [0.4, 0.5) is 0 Å². The Morgan fingerprint density at radius 2 is 2.16 bits per heavy atom. The minimum atomic E-state index is -0.220. The van der Waals surface area contributed by atoms with Crippen molar-refractivity contribution in [2.75, 3.05) is 6.61 Å². The SMILES string of the molecule is CCOC(=O)CC=Cc1ccc(-c2nn[nH]n2)cc1. The van der Waals surface area contributed by atoms with E-state index in [0.29, 0.717) is 12.4 Å². The van der Waals surface area contributed by atoms with Crippen molar-refractivity contribution in [1.29, 1.82) is 0 Å². The van der Waals surface area contributed by atoms with Gasteiger partial charge in [-0.2, -0.15) is 5.21 Å². The number of hydrogen-bond acceptors (Lipinski definition) is 5. The lowest BCUT2D eigenvalue weighted by Gasteiger charge is -1.98. The van der Waals surface area contributed by atoms with Gasteiger partial charge < -0.3 is 4.74 Å². The van der Waals surface area contributed by atoms with E-state index in [1.54, 1.807) is 13.0 Å². The molecular weight excluding hydrogens is 244 g/mol.